The van der Waals surface area contributed by atoms with Crippen LogP contribution in [-0.2, 0) is 4.79 Å². The van der Waals surface area contributed by atoms with Crippen LogP contribution in [-0.4, -0.2) is 26.3 Å². The van der Waals surface area contributed by atoms with Crippen molar-refractivity contribution in [2.45, 2.75) is 5.22 Å². The fourth-order valence-electron chi connectivity index (χ4n) is 1.80. The summed E-state index contributed by atoms with van der Waals surface area (Å²) in [4.78, 5) is 15.4. The van der Waals surface area contributed by atoms with Crippen LogP contribution in [0.15, 0.2) is 63.3 Å². The Morgan fingerprint density at radius 3 is 2.50 bits per heavy atom. The van der Waals surface area contributed by atoms with Crippen LogP contribution in [0.4, 0.5) is 0 Å². The molecule has 0 saturated heterocycles. The predicted octanol–water partition coefficient (Wildman–Crippen LogP) is 4.00. The van der Waals surface area contributed by atoms with Crippen molar-refractivity contribution in [1.82, 2.24) is 15.2 Å². The molecule has 0 aliphatic rings. The number of pyridine rings is 1. The highest BCUT2D eigenvalue weighted by molar-refractivity contribution is 8.03. The molecule has 0 unspecified atom stereocenters. The lowest BCUT2D eigenvalue weighted by Gasteiger charge is -1.99. The number of nitrogens with zero attached hydrogens (tertiary/aromatic N) is 3. The maximum absolute atomic E-state index is 11.4. The van der Waals surface area contributed by atoms with Crippen LogP contribution in [0, 0.1) is 0 Å². The van der Waals surface area contributed by atoms with E-state index in [4.69, 9.17) is 16.0 Å². The Morgan fingerprint density at radius 2 is 1.83 bits per heavy atom. The minimum Gasteiger partial charge on any atom is -0.477 e. The molecule has 0 spiro atoms. The molecule has 24 heavy (non-hydrogen) atoms. The van der Waals surface area contributed by atoms with E-state index in [-0.39, 0.29) is 10.1 Å². The van der Waals surface area contributed by atoms with Crippen molar-refractivity contribution >= 4 is 35.4 Å². The Labute approximate surface area is 146 Å². The highest BCUT2D eigenvalue weighted by Crippen LogP contribution is 2.30. The van der Waals surface area contributed by atoms with Crippen molar-refractivity contribution < 1.29 is 14.3 Å². The molecule has 2 heterocycles. The minimum absolute atomic E-state index is 0.0625. The largest absolute Gasteiger partial charge is 0.477 e. The van der Waals surface area contributed by atoms with Gasteiger partial charge in [0, 0.05) is 23.0 Å². The first-order chi connectivity index (χ1) is 11.6. The number of carboxylic acid groups (broad SMARTS) is 1. The second-order valence-corrected chi connectivity index (χ2v) is 6.01. The molecule has 0 aliphatic heterocycles. The van der Waals surface area contributed by atoms with Crippen LogP contribution in [0.3, 0.4) is 0 Å². The predicted molar refractivity (Wildman–Crippen MR) is 90.5 cm³/mol. The van der Waals surface area contributed by atoms with Crippen LogP contribution >= 0.6 is 23.4 Å². The van der Waals surface area contributed by atoms with Gasteiger partial charge in [-0.15, -0.1) is 10.2 Å². The Hall–Kier alpha value is -2.64. The summed E-state index contributed by atoms with van der Waals surface area (Å²) >= 11 is 6.72. The lowest BCUT2D eigenvalue weighted by molar-refractivity contribution is -0.131. The molecule has 0 atom stereocenters. The van der Waals surface area contributed by atoms with Gasteiger partial charge in [-0.1, -0.05) is 11.6 Å². The Morgan fingerprint density at radius 1 is 1.12 bits per heavy atom. The van der Waals surface area contributed by atoms with E-state index in [1.165, 1.54) is 6.08 Å². The molecule has 6 nitrogen and oxygen atoms in total. The van der Waals surface area contributed by atoms with Gasteiger partial charge in [0.15, 0.2) is 0 Å². The average Bonchev–Trinajstić information content (AvgIpc) is 3.04. The van der Waals surface area contributed by atoms with Crippen LogP contribution in [0.5, 0.6) is 0 Å². The van der Waals surface area contributed by atoms with Gasteiger partial charge in [0.05, 0.1) is 0 Å². The summed E-state index contributed by atoms with van der Waals surface area (Å²) in [7, 11) is 0. The molecule has 1 N–H and O–H groups in total. The second-order valence-electron chi connectivity index (χ2n) is 4.58. The zero-order chi connectivity index (χ0) is 16.9. The minimum atomic E-state index is -1.08. The molecule has 0 bridgehead atoms. The molecule has 0 fully saturated rings. The van der Waals surface area contributed by atoms with E-state index in [9.17, 15) is 9.90 Å². The third-order valence-corrected chi connectivity index (χ3v) is 4.01. The molecule has 0 saturated carbocycles. The van der Waals surface area contributed by atoms with E-state index in [1.807, 2.05) is 0 Å². The first-order valence-electron chi connectivity index (χ1n) is 6.74. The molecule has 3 rings (SSSR count). The van der Waals surface area contributed by atoms with Gasteiger partial charge in [0.1, 0.15) is 4.91 Å². The van der Waals surface area contributed by atoms with Crippen LogP contribution in [0.2, 0.25) is 5.02 Å². The molecule has 0 amide bonds. The molecule has 3 aromatic rings. The number of hydrogen-bond donors (Lipinski definition) is 1. The monoisotopic (exact) mass is 359 g/mol. The molecular weight excluding hydrogens is 350 g/mol. The quantitative estimate of drug-likeness (QED) is 0.543. The molecule has 1 aromatic carbocycles. The lowest BCUT2D eigenvalue weighted by atomic mass is 10.2. The number of rotatable bonds is 5. The number of halogens is 1. The van der Waals surface area contributed by atoms with E-state index in [0.717, 1.165) is 11.8 Å². The third-order valence-electron chi connectivity index (χ3n) is 2.91. The normalized spacial score (nSPS) is 11.5. The molecular formula is C16H10ClN3O3S. The lowest BCUT2D eigenvalue weighted by Crippen LogP contribution is -1.96. The summed E-state index contributed by atoms with van der Waals surface area (Å²) in [6.07, 6.45) is 4.68. The average molecular weight is 360 g/mol. The molecule has 0 radical (unpaired) electrons. The maximum Gasteiger partial charge on any atom is 0.342 e. The Bertz CT molecular complexity index is 879. The zero-order valence-electron chi connectivity index (χ0n) is 12.1. The van der Waals surface area contributed by atoms with Gasteiger partial charge in [-0.2, -0.15) is 0 Å². The highest BCUT2D eigenvalue weighted by atomic mass is 35.5. The van der Waals surface area contributed by atoms with Crippen molar-refractivity contribution in [2.75, 3.05) is 0 Å². The molecule has 0 aliphatic carbocycles. The number of carbonyl (C=O) groups is 1. The number of aromatic nitrogens is 3. The summed E-state index contributed by atoms with van der Waals surface area (Å²) in [5, 5.41) is 17.9. The maximum atomic E-state index is 11.4. The molecule has 8 heteroatoms. The van der Waals surface area contributed by atoms with Crippen molar-refractivity contribution in [3.8, 4) is 11.5 Å². The Kier molecular flexibility index (Phi) is 4.93. The second kappa shape index (κ2) is 7.29. The van der Waals surface area contributed by atoms with Gasteiger partial charge < -0.3 is 9.52 Å². The van der Waals surface area contributed by atoms with E-state index < -0.39 is 5.97 Å². The van der Waals surface area contributed by atoms with Gasteiger partial charge >= 0.3 is 5.97 Å². The summed E-state index contributed by atoms with van der Waals surface area (Å²) in [6.45, 7) is 0. The smallest absolute Gasteiger partial charge is 0.342 e. The fraction of sp³-hybridized carbons (Fsp3) is 0. The van der Waals surface area contributed by atoms with Crippen LogP contribution < -0.4 is 0 Å². The summed E-state index contributed by atoms with van der Waals surface area (Å²) in [5.74, 6) is -0.786. The van der Waals surface area contributed by atoms with Crippen molar-refractivity contribution in [3.63, 3.8) is 0 Å². The number of thioether (sulfide) groups is 1. The highest BCUT2D eigenvalue weighted by Gasteiger charge is 2.16. The first kappa shape index (κ1) is 16.2. The van der Waals surface area contributed by atoms with E-state index in [0.29, 0.717) is 22.0 Å². The van der Waals surface area contributed by atoms with Gasteiger partial charge in [0.2, 0.25) is 5.89 Å². The molecule has 2 aromatic heterocycles. The van der Waals surface area contributed by atoms with E-state index >= 15 is 0 Å². The first-order valence-corrected chi connectivity index (χ1v) is 7.93. The third kappa shape index (κ3) is 4.01. The fourth-order valence-corrected chi connectivity index (χ4v) is 2.60. The number of aliphatic carboxylic acids is 1. The topological polar surface area (TPSA) is 89.1 Å². The number of hydrogen-bond acceptors (Lipinski definition) is 6. The van der Waals surface area contributed by atoms with Gasteiger partial charge in [-0.05, 0) is 59.8 Å². The van der Waals surface area contributed by atoms with Gasteiger partial charge in [-0.25, -0.2) is 4.79 Å². The van der Waals surface area contributed by atoms with Gasteiger partial charge in [-0.3, -0.25) is 4.98 Å². The van der Waals surface area contributed by atoms with Gasteiger partial charge in [0.25, 0.3) is 5.22 Å². The molecule has 120 valence electrons. The van der Waals surface area contributed by atoms with Crippen LogP contribution in [0.1, 0.15) is 5.56 Å². The summed E-state index contributed by atoms with van der Waals surface area (Å²) < 4.78 is 5.51. The van der Waals surface area contributed by atoms with Crippen molar-refractivity contribution in [1.29, 1.82) is 0 Å². The van der Waals surface area contributed by atoms with Crippen molar-refractivity contribution in [2.24, 2.45) is 0 Å². The number of benzene rings is 1. The van der Waals surface area contributed by atoms with E-state index in [1.54, 1.807) is 48.8 Å². The summed E-state index contributed by atoms with van der Waals surface area (Å²) in [6, 6.07) is 10.3. The standard InChI is InChI=1S/C16H10ClN3O3S/c17-12-3-1-11(2-4-12)14-19-20-16(23-14)24-13(15(21)22)9-10-5-7-18-8-6-10/h1-9H,(H,21,22)/b13-9-. The van der Waals surface area contributed by atoms with Crippen LogP contribution in [0.25, 0.3) is 17.5 Å². The van der Waals surface area contributed by atoms with Crippen molar-refractivity contribution in [3.05, 3.63) is 64.3 Å². The Balaban J connectivity index is 1.83. The summed E-state index contributed by atoms with van der Waals surface area (Å²) in [5.41, 5.74) is 1.42. The zero-order valence-corrected chi connectivity index (χ0v) is 13.7. The van der Waals surface area contributed by atoms with E-state index in [2.05, 4.69) is 15.2 Å². The SMILES string of the molecule is O=C(O)/C(=C/c1ccncc1)Sc1nnc(-c2ccc(Cl)cc2)o1. The number of carboxylic acids is 1.